The van der Waals surface area contributed by atoms with E-state index in [2.05, 4.69) is 32.3 Å². The Hall–Kier alpha value is -4.19. The summed E-state index contributed by atoms with van der Waals surface area (Å²) in [6.45, 7) is 12.4. The van der Waals surface area contributed by atoms with Gasteiger partial charge in [0.05, 0.1) is 11.6 Å². The molecule has 1 fully saturated rings. The maximum atomic E-state index is 13.4. The van der Waals surface area contributed by atoms with Crippen molar-refractivity contribution in [1.82, 2.24) is 9.88 Å². The molecule has 6 heteroatoms. The fourth-order valence-corrected chi connectivity index (χ4v) is 4.51. The van der Waals surface area contributed by atoms with Crippen LogP contribution in [0.4, 0.5) is 0 Å². The first-order valence-electron chi connectivity index (χ1n) is 12.2. The molecule has 0 unspecified atom stereocenters. The molecule has 2 heterocycles. The van der Waals surface area contributed by atoms with Crippen LogP contribution >= 0.6 is 0 Å². The Bertz CT molecular complexity index is 1350. The first-order chi connectivity index (χ1) is 17.6. The summed E-state index contributed by atoms with van der Waals surface area (Å²) in [5.41, 5.74) is 3.92. The second kappa shape index (κ2) is 10.4. The topological polar surface area (TPSA) is 79.7 Å². The van der Waals surface area contributed by atoms with Gasteiger partial charge in [-0.3, -0.25) is 14.6 Å². The number of aromatic nitrogens is 1. The lowest BCUT2D eigenvalue weighted by atomic mass is 9.85. The Kier molecular flexibility index (Phi) is 7.30. The number of pyridine rings is 1. The predicted molar refractivity (Wildman–Crippen MR) is 144 cm³/mol. The lowest BCUT2D eigenvalue weighted by Gasteiger charge is -2.26. The average Bonchev–Trinajstić information content (AvgIpc) is 3.12. The Morgan fingerprint density at radius 3 is 2.46 bits per heavy atom. The van der Waals surface area contributed by atoms with Crippen LogP contribution in [0.5, 0.6) is 5.75 Å². The van der Waals surface area contributed by atoms with E-state index in [0.717, 1.165) is 22.3 Å². The third-order valence-electron chi connectivity index (χ3n) is 6.51. The van der Waals surface area contributed by atoms with Gasteiger partial charge in [0.15, 0.2) is 0 Å². The molecule has 190 valence electrons. The van der Waals surface area contributed by atoms with E-state index >= 15 is 0 Å². The van der Waals surface area contributed by atoms with Crippen LogP contribution in [0.3, 0.4) is 0 Å². The van der Waals surface area contributed by atoms with E-state index in [0.29, 0.717) is 17.9 Å². The highest BCUT2D eigenvalue weighted by atomic mass is 16.5. The lowest BCUT2D eigenvalue weighted by Crippen LogP contribution is -2.29. The number of ether oxygens (including phenoxy) is 1. The summed E-state index contributed by atoms with van der Waals surface area (Å²) in [5, 5.41) is 11.4. The average molecular weight is 497 g/mol. The maximum absolute atomic E-state index is 13.4. The third kappa shape index (κ3) is 5.33. The normalized spacial score (nSPS) is 17.2. The van der Waals surface area contributed by atoms with Crippen LogP contribution in [-0.4, -0.2) is 33.3 Å². The number of carbonyl (C=O) groups is 2. The first kappa shape index (κ1) is 25.9. The number of hydrogen-bond acceptors (Lipinski definition) is 5. The van der Waals surface area contributed by atoms with Gasteiger partial charge in [-0.2, -0.15) is 0 Å². The summed E-state index contributed by atoms with van der Waals surface area (Å²) in [6, 6.07) is 16.0. The summed E-state index contributed by atoms with van der Waals surface area (Å²) in [7, 11) is 0. The Balaban J connectivity index is 1.83. The van der Waals surface area contributed by atoms with Crippen molar-refractivity contribution in [3.05, 3.63) is 113 Å². The molecule has 1 N–H and O–H groups in total. The van der Waals surface area contributed by atoms with Crippen LogP contribution in [0.2, 0.25) is 0 Å². The minimum absolute atomic E-state index is 0.0526. The zero-order valence-electron chi connectivity index (χ0n) is 21.7. The number of ketones is 1. The van der Waals surface area contributed by atoms with Gasteiger partial charge in [0.2, 0.25) is 0 Å². The van der Waals surface area contributed by atoms with E-state index in [1.807, 2.05) is 37.3 Å². The van der Waals surface area contributed by atoms with Crippen LogP contribution in [0.15, 0.2) is 85.2 Å². The SMILES string of the molecule is C=CCOc1ccc(C(O)=C2C(=O)C(=O)N(Cc3cccnc3)[C@@H]2c2ccc(C(C)(C)C)cc2)cc1C. The third-order valence-corrected chi connectivity index (χ3v) is 6.51. The molecule has 1 aliphatic heterocycles. The number of benzene rings is 2. The highest BCUT2D eigenvalue weighted by molar-refractivity contribution is 6.46. The van der Waals surface area contributed by atoms with Gasteiger partial charge in [-0.05, 0) is 58.9 Å². The number of aliphatic hydroxyl groups excluding tert-OH is 1. The second-order valence-electron chi connectivity index (χ2n) is 10.2. The summed E-state index contributed by atoms with van der Waals surface area (Å²) < 4.78 is 5.65. The molecule has 6 nitrogen and oxygen atoms in total. The molecule has 0 aliphatic carbocycles. The molecule has 4 rings (SSSR count). The monoisotopic (exact) mass is 496 g/mol. The number of carbonyl (C=O) groups excluding carboxylic acids is 2. The molecule has 0 spiro atoms. The quantitative estimate of drug-likeness (QED) is 0.191. The number of amides is 1. The summed E-state index contributed by atoms with van der Waals surface area (Å²) >= 11 is 0. The molecule has 1 saturated heterocycles. The van der Waals surface area contributed by atoms with Crippen molar-refractivity contribution in [3.63, 3.8) is 0 Å². The minimum atomic E-state index is -0.744. The predicted octanol–water partition coefficient (Wildman–Crippen LogP) is 5.87. The molecular weight excluding hydrogens is 464 g/mol. The van der Waals surface area contributed by atoms with E-state index in [4.69, 9.17) is 4.74 Å². The number of likely N-dealkylation sites (tertiary alicyclic amines) is 1. The summed E-state index contributed by atoms with van der Waals surface area (Å²) in [4.78, 5) is 32.3. The zero-order chi connectivity index (χ0) is 26.7. The van der Waals surface area contributed by atoms with Crippen LogP contribution in [0.1, 0.15) is 54.6 Å². The molecular formula is C31H32N2O4. The second-order valence-corrected chi connectivity index (χ2v) is 10.2. The highest BCUT2D eigenvalue weighted by Crippen LogP contribution is 2.41. The van der Waals surface area contributed by atoms with E-state index in [-0.39, 0.29) is 23.3 Å². The van der Waals surface area contributed by atoms with Gasteiger partial charge in [-0.25, -0.2) is 0 Å². The van der Waals surface area contributed by atoms with Gasteiger partial charge in [0.1, 0.15) is 18.1 Å². The molecule has 1 amide bonds. The van der Waals surface area contributed by atoms with Crippen LogP contribution < -0.4 is 4.74 Å². The van der Waals surface area contributed by atoms with Crippen molar-refractivity contribution >= 4 is 17.4 Å². The van der Waals surface area contributed by atoms with E-state index in [9.17, 15) is 14.7 Å². The minimum Gasteiger partial charge on any atom is -0.507 e. The van der Waals surface area contributed by atoms with Crippen molar-refractivity contribution in [2.75, 3.05) is 6.61 Å². The van der Waals surface area contributed by atoms with E-state index in [1.54, 1.807) is 42.7 Å². The van der Waals surface area contributed by atoms with Crippen LogP contribution in [-0.2, 0) is 21.5 Å². The number of nitrogens with zero attached hydrogens (tertiary/aromatic N) is 2. The van der Waals surface area contributed by atoms with Gasteiger partial charge in [0.25, 0.3) is 11.7 Å². The van der Waals surface area contributed by atoms with Crippen molar-refractivity contribution in [2.45, 2.75) is 45.7 Å². The molecule has 3 aromatic rings. The zero-order valence-corrected chi connectivity index (χ0v) is 21.7. The Labute approximate surface area is 217 Å². The maximum Gasteiger partial charge on any atom is 0.295 e. The van der Waals surface area contributed by atoms with Crippen molar-refractivity contribution in [2.24, 2.45) is 0 Å². The molecule has 1 aliphatic rings. The number of Topliss-reactive ketones (excluding diaryl/α,β-unsaturated/α-hetero) is 1. The molecule has 37 heavy (non-hydrogen) atoms. The van der Waals surface area contributed by atoms with Gasteiger partial charge in [0, 0.05) is 24.5 Å². The van der Waals surface area contributed by atoms with Crippen molar-refractivity contribution < 1.29 is 19.4 Å². The number of aryl methyl sites for hydroxylation is 1. The molecule has 0 radical (unpaired) electrons. The van der Waals surface area contributed by atoms with E-state index < -0.39 is 17.7 Å². The largest absolute Gasteiger partial charge is 0.507 e. The molecule has 1 atom stereocenters. The molecule has 2 aromatic carbocycles. The van der Waals surface area contributed by atoms with Gasteiger partial charge >= 0.3 is 0 Å². The first-order valence-corrected chi connectivity index (χ1v) is 12.2. The van der Waals surface area contributed by atoms with Gasteiger partial charge in [-0.15, -0.1) is 0 Å². The van der Waals surface area contributed by atoms with Gasteiger partial charge in [-0.1, -0.05) is 63.8 Å². The molecule has 0 bridgehead atoms. The fourth-order valence-electron chi connectivity index (χ4n) is 4.51. The Morgan fingerprint density at radius 2 is 1.86 bits per heavy atom. The number of hydrogen-bond donors (Lipinski definition) is 1. The Morgan fingerprint density at radius 1 is 1.14 bits per heavy atom. The number of rotatable bonds is 7. The van der Waals surface area contributed by atoms with Crippen molar-refractivity contribution in [1.29, 1.82) is 0 Å². The summed E-state index contributed by atoms with van der Waals surface area (Å²) in [5.74, 6) is -0.924. The molecule has 0 saturated carbocycles. The lowest BCUT2D eigenvalue weighted by molar-refractivity contribution is -0.140. The standard InChI is InChI=1S/C31H32N2O4/c1-6-16-37-25-14-11-23(17-20(25)2)28(34)26-27(22-9-12-24(13-10-22)31(3,4)5)33(30(36)29(26)35)19-21-8-7-15-32-18-21/h6-15,17-18,27,34H,1,16,19H2,2-5H3/t27-/m1/s1. The summed E-state index contributed by atoms with van der Waals surface area (Å²) in [6.07, 6.45) is 4.98. The van der Waals surface area contributed by atoms with Crippen LogP contribution in [0.25, 0.3) is 5.76 Å². The van der Waals surface area contributed by atoms with E-state index in [1.165, 1.54) is 4.90 Å². The fraction of sp³-hybridized carbons (Fsp3) is 0.258. The molecule has 1 aromatic heterocycles. The van der Waals surface area contributed by atoms with Crippen LogP contribution in [0, 0.1) is 6.92 Å². The highest BCUT2D eigenvalue weighted by Gasteiger charge is 2.46. The van der Waals surface area contributed by atoms with Gasteiger partial charge < -0.3 is 14.7 Å². The van der Waals surface area contributed by atoms with Crippen molar-refractivity contribution in [3.8, 4) is 5.75 Å². The number of aliphatic hydroxyl groups is 1. The smallest absolute Gasteiger partial charge is 0.295 e.